The van der Waals surface area contributed by atoms with Crippen LogP contribution >= 0.6 is 0 Å². The zero-order valence-electron chi connectivity index (χ0n) is 18.0. The molecule has 1 fully saturated rings. The lowest BCUT2D eigenvalue weighted by molar-refractivity contribution is -0.0586. The average molecular weight is 405 g/mol. The number of amides is 1. The third-order valence-electron chi connectivity index (χ3n) is 5.58. The minimum atomic E-state index is 0.0373. The number of ether oxygens (including phenoxy) is 2. The molecule has 156 valence electrons. The number of carbonyl (C=O) groups is 1. The maximum absolute atomic E-state index is 13.5. The van der Waals surface area contributed by atoms with Gasteiger partial charge in [0.1, 0.15) is 5.75 Å². The van der Waals surface area contributed by atoms with Gasteiger partial charge < -0.3 is 18.9 Å². The SMILES string of the molecule is COc1ccc(-c2cc(C(=O)N3C[C@@H](C)O[C@H](C)C3)c(C)n2-c2ccccc2)cc1. The van der Waals surface area contributed by atoms with E-state index in [4.69, 9.17) is 9.47 Å². The summed E-state index contributed by atoms with van der Waals surface area (Å²) in [5.74, 6) is 0.861. The molecule has 0 aliphatic carbocycles. The van der Waals surface area contributed by atoms with Gasteiger partial charge in [-0.25, -0.2) is 0 Å². The van der Waals surface area contributed by atoms with Crippen LogP contribution in [0.4, 0.5) is 0 Å². The van der Waals surface area contributed by atoms with E-state index in [2.05, 4.69) is 16.7 Å². The molecule has 2 heterocycles. The summed E-state index contributed by atoms with van der Waals surface area (Å²) in [4.78, 5) is 15.4. The third-order valence-corrected chi connectivity index (χ3v) is 5.58. The van der Waals surface area contributed by atoms with Crippen LogP contribution in [-0.2, 0) is 4.74 Å². The van der Waals surface area contributed by atoms with E-state index in [1.807, 2.05) is 74.2 Å². The number of carbonyl (C=O) groups excluding carboxylic acids is 1. The molecule has 0 bridgehead atoms. The molecule has 1 aliphatic rings. The third kappa shape index (κ3) is 3.85. The molecule has 5 heteroatoms. The topological polar surface area (TPSA) is 43.7 Å². The van der Waals surface area contributed by atoms with Crippen molar-refractivity contribution in [3.05, 3.63) is 71.9 Å². The quantitative estimate of drug-likeness (QED) is 0.632. The molecule has 3 aromatic rings. The molecule has 0 unspecified atom stereocenters. The Hall–Kier alpha value is -3.05. The first-order valence-corrected chi connectivity index (χ1v) is 10.3. The molecule has 1 aromatic heterocycles. The number of hydrogen-bond acceptors (Lipinski definition) is 3. The van der Waals surface area contributed by atoms with Gasteiger partial charge in [-0.2, -0.15) is 0 Å². The Morgan fingerprint density at radius 1 is 1.00 bits per heavy atom. The summed E-state index contributed by atoms with van der Waals surface area (Å²) in [6.45, 7) is 7.26. The Kier molecular flexibility index (Phi) is 5.64. The maximum atomic E-state index is 13.5. The molecule has 0 spiro atoms. The van der Waals surface area contributed by atoms with Crippen molar-refractivity contribution in [1.82, 2.24) is 9.47 Å². The lowest BCUT2D eigenvalue weighted by Gasteiger charge is -2.35. The number of benzene rings is 2. The van der Waals surface area contributed by atoms with Crippen LogP contribution in [0.3, 0.4) is 0 Å². The minimum absolute atomic E-state index is 0.0373. The van der Waals surface area contributed by atoms with Crippen molar-refractivity contribution in [1.29, 1.82) is 0 Å². The lowest BCUT2D eigenvalue weighted by Crippen LogP contribution is -2.48. The van der Waals surface area contributed by atoms with Gasteiger partial charge in [-0.1, -0.05) is 18.2 Å². The van der Waals surface area contributed by atoms with Gasteiger partial charge in [0, 0.05) is 24.5 Å². The van der Waals surface area contributed by atoms with E-state index >= 15 is 0 Å². The van der Waals surface area contributed by atoms with Gasteiger partial charge in [-0.05, 0) is 68.8 Å². The van der Waals surface area contributed by atoms with Gasteiger partial charge in [0.25, 0.3) is 5.91 Å². The fraction of sp³-hybridized carbons (Fsp3) is 0.320. The Morgan fingerprint density at radius 2 is 1.63 bits per heavy atom. The molecule has 1 amide bonds. The van der Waals surface area contributed by atoms with Crippen LogP contribution in [0, 0.1) is 6.92 Å². The molecular formula is C25H28N2O3. The first-order chi connectivity index (χ1) is 14.5. The van der Waals surface area contributed by atoms with Crippen molar-refractivity contribution in [2.45, 2.75) is 33.0 Å². The highest BCUT2D eigenvalue weighted by atomic mass is 16.5. The van der Waals surface area contributed by atoms with E-state index in [1.54, 1.807) is 7.11 Å². The van der Waals surface area contributed by atoms with Crippen LogP contribution in [0.25, 0.3) is 16.9 Å². The van der Waals surface area contributed by atoms with Crippen molar-refractivity contribution < 1.29 is 14.3 Å². The molecule has 1 saturated heterocycles. The summed E-state index contributed by atoms with van der Waals surface area (Å²) in [5, 5.41) is 0. The summed E-state index contributed by atoms with van der Waals surface area (Å²) in [5.41, 5.74) is 4.71. The molecule has 2 aromatic carbocycles. The smallest absolute Gasteiger partial charge is 0.255 e. The van der Waals surface area contributed by atoms with E-state index in [-0.39, 0.29) is 18.1 Å². The Morgan fingerprint density at radius 3 is 2.23 bits per heavy atom. The Balaban J connectivity index is 1.80. The fourth-order valence-corrected chi connectivity index (χ4v) is 4.22. The number of nitrogens with zero attached hydrogens (tertiary/aromatic N) is 2. The number of morpholine rings is 1. The van der Waals surface area contributed by atoms with Crippen LogP contribution in [0.1, 0.15) is 29.9 Å². The van der Waals surface area contributed by atoms with Gasteiger partial charge in [-0.15, -0.1) is 0 Å². The van der Waals surface area contributed by atoms with Crippen molar-refractivity contribution in [2.24, 2.45) is 0 Å². The van der Waals surface area contributed by atoms with Crippen LogP contribution in [0.5, 0.6) is 5.75 Å². The van der Waals surface area contributed by atoms with Crippen LogP contribution < -0.4 is 4.74 Å². The summed E-state index contributed by atoms with van der Waals surface area (Å²) >= 11 is 0. The summed E-state index contributed by atoms with van der Waals surface area (Å²) in [7, 11) is 1.66. The van der Waals surface area contributed by atoms with Crippen LogP contribution in [0.15, 0.2) is 60.7 Å². The van der Waals surface area contributed by atoms with Crippen LogP contribution in [-0.4, -0.2) is 47.8 Å². The lowest BCUT2D eigenvalue weighted by atomic mass is 10.1. The number of methoxy groups -OCH3 is 1. The highest BCUT2D eigenvalue weighted by Gasteiger charge is 2.29. The van der Waals surface area contributed by atoms with E-state index in [0.717, 1.165) is 34.0 Å². The first-order valence-electron chi connectivity index (χ1n) is 10.3. The Labute approximate surface area is 177 Å². The number of aromatic nitrogens is 1. The average Bonchev–Trinajstić information content (AvgIpc) is 3.10. The van der Waals surface area contributed by atoms with Gasteiger partial charge in [0.05, 0.1) is 30.6 Å². The standard InChI is InChI=1S/C25H28N2O3/c1-17-15-26(16-18(2)30-17)25(28)23-14-24(20-10-12-22(29-4)13-11-20)27(19(23)3)21-8-6-5-7-9-21/h5-14,17-18H,15-16H2,1-4H3/t17-,18-/m1/s1. The summed E-state index contributed by atoms with van der Waals surface area (Å²) < 4.78 is 13.3. The molecule has 30 heavy (non-hydrogen) atoms. The van der Waals surface area contributed by atoms with E-state index in [0.29, 0.717) is 13.1 Å². The molecule has 0 saturated carbocycles. The van der Waals surface area contributed by atoms with E-state index in [9.17, 15) is 4.79 Å². The van der Waals surface area contributed by atoms with Gasteiger partial charge in [-0.3, -0.25) is 4.79 Å². The predicted molar refractivity (Wildman–Crippen MR) is 118 cm³/mol. The second kappa shape index (κ2) is 8.36. The number of hydrogen-bond donors (Lipinski definition) is 0. The molecule has 5 nitrogen and oxygen atoms in total. The Bertz CT molecular complexity index is 1010. The largest absolute Gasteiger partial charge is 0.497 e. The molecule has 0 N–H and O–H groups in total. The fourth-order valence-electron chi connectivity index (χ4n) is 4.22. The van der Waals surface area contributed by atoms with E-state index < -0.39 is 0 Å². The normalized spacial score (nSPS) is 19.0. The summed E-state index contributed by atoms with van der Waals surface area (Å²) in [6.07, 6.45) is 0.0746. The van der Waals surface area contributed by atoms with Crippen molar-refractivity contribution in [3.63, 3.8) is 0 Å². The van der Waals surface area contributed by atoms with Gasteiger partial charge in [0.15, 0.2) is 0 Å². The monoisotopic (exact) mass is 404 g/mol. The number of para-hydroxylation sites is 1. The maximum Gasteiger partial charge on any atom is 0.255 e. The zero-order valence-corrected chi connectivity index (χ0v) is 18.0. The van der Waals surface area contributed by atoms with Crippen molar-refractivity contribution in [3.8, 4) is 22.7 Å². The van der Waals surface area contributed by atoms with Crippen molar-refractivity contribution in [2.75, 3.05) is 20.2 Å². The van der Waals surface area contributed by atoms with Crippen molar-refractivity contribution >= 4 is 5.91 Å². The second-order valence-corrected chi connectivity index (χ2v) is 7.90. The van der Waals surface area contributed by atoms with E-state index in [1.165, 1.54) is 0 Å². The molecule has 4 rings (SSSR count). The van der Waals surface area contributed by atoms with Crippen LogP contribution in [0.2, 0.25) is 0 Å². The summed E-state index contributed by atoms with van der Waals surface area (Å²) in [6, 6.07) is 20.1. The second-order valence-electron chi connectivity index (χ2n) is 7.90. The highest BCUT2D eigenvalue weighted by molar-refractivity contribution is 5.97. The molecule has 1 aliphatic heterocycles. The minimum Gasteiger partial charge on any atom is -0.497 e. The zero-order chi connectivity index (χ0) is 21.3. The molecule has 2 atom stereocenters. The van der Waals surface area contributed by atoms with Gasteiger partial charge >= 0.3 is 0 Å². The predicted octanol–water partition coefficient (Wildman–Crippen LogP) is 4.71. The number of rotatable bonds is 4. The molecular weight excluding hydrogens is 376 g/mol. The van der Waals surface area contributed by atoms with Gasteiger partial charge in [0.2, 0.25) is 0 Å². The first kappa shape index (κ1) is 20.2. The molecule has 0 radical (unpaired) electrons. The highest BCUT2D eigenvalue weighted by Crippen LogP contribution is 2.31.